The molecule has 0 aromatic carbocycles. The fraction of sp³-hybridized carbons (Fsp3) is 0.250. The molecule has 0 saturated carbocycles. The van der Waals surface area contributed by atoms with Gasteiger partial charge in [-0.3, -0.25) is 4.98 Å². The van der Waals surface area contributed by atoms with Crippen LogP contribution in [0.3, 0.4) is 0 Å². The highest BCUT2D eigenvalue weighted by Crippen LogP contribution is 2.11. The smallest absolute Gasteiger partial charge is 0.105 e. The molecular formula is C12H14N2O. The lowest BCUT2D eigenvalue weighted by Crippen LogP contribution is -2.05. The lowest BCUT2D eigenvalue weighted by atomic mass is 10.2. The van der Waals surface area contributed by atoms with E-state index < -0.39 is 0 Å². The summed E-state index contributed by atoms with van der Waals surface area (Å²) in [6.07, 6.45) is 6.25. The Morgan fingerprint density at radius 1 is 1.40 bits per heavy atom. The Morgan fingerprint density at radius 2 is 2.33 bits per heavy atom. The maximum absolute atomic E-state index is 5.25. The highest BCUT2D eigenvalue weighted by atomic mass is 16.3. The fourth-order valence-corrected chi connectivity index (χ4v) is 1.45. The van der Waals surface area contributed by atoms with E-state index in [1.54, 1.807) is 12.5 Å². The summed E-state index contributed by atoms with van der Waals surface area (Å²) in [6.45, 7) is 2.92. The summed E-state index contributed by atoms with van der Waals surface area (Å²) < 4.78 is 5.25. The number of hydrogen-bond acceptors (Lipinski definition) is 3. The van der Waals surface area contributed by atoms with Crippen LogP contribution in [0.2, 0.25) is 0 Å². The second kappa shape index (κ2) is 4.64. The van der Waals surface area contributed by atoms with Crippen molar-refractivity contribution in [3.63, 3.8) is 0 Å². The van der Waals surface area contributed by atoms with E-state index in [1.165, 1.54) is 0 Å². The van der Waals surface area contributed by atoms with Gasteiger partial charge in [0.2, 0.25) is 0 Å². The number of aromatic nitrogens is 1. The molecule has 2 heterocycles. The van der Waals surface area contributed by atoms with Gasteiger partial charge in [-0.2, -0.15) is 0 Å². The van der Waals surface area contributed by atoms with Crippen molar-refractivity contribution in [2.75, 3.05) is 11.9 Å². The molecule has 0 radical (unpaired) electrons. The topological polar surface area (TPSA) is 38.1 Å². The number of furan rings is 1. The predicted molar refractivity (Wildman–Crippen MR) is 59.9 cm³/mol. The van der Waals surface area contributed by atoms with E-state index in [1.807, 2.05) is 31.3 Å². The van der Waals surface area contributed by atoms with Crippen LogP contribution in [0.4, 0.5) is 5.69 Å². The number of hydrogen-bond donors (Lipinski definition) is 1. The minimum absolute atomic E-state index is 0.873. The zero-order valence-corrected chi connectivity index (χ0v) is 8.73. The molecule has 0 aliphatic rings. The van der Waals surface area contributed by atoms with Crippen LogP contribution in [0.25, 0.3) is 0 Å². The third-order valence-electron chi connectivity index (χ3n) is 2.29. The summed E-state index contributed by atoms with van der Waals surface area (Å²) in [5, 5.41) is 3.35. The summed E-state index contributed by atoms with van der Waals surface area (Å²) >= 11 is 0. The van der Waals surface area contributed by atoms with E-state index in [9.17, 15) is 0 Å². The number of anilines is 1. The van der Waals surface area contributed by atoms with Crippen LogP contribution in [-0.4, -0.2) is 11.5 Å². The van der Waals surface area contributed by atoms with Crippen LogP contribution in [0.1, 0.15) is 11.3 Å². The molecule has 2 aromatic heterocycles. The van der Waals surface area contributed by atoms with Gasteiger partial charge in [0, 0.05) is 31.0 Å². The van der Waals surface area contributed by atoms with Gasteiger partial charge in [0.15, 0.2) is 0 Å². The molecule has 2 aromatic rings. The van der Waals surface area contributed by atoms with Crippen LogP contribution in [0.5, 0.6) is 0 Å². The van der Waals surface area contributed by atoms with Gasteiger partial charge in [-0.05, 0) is 30.7 Å². The molecule has 0 saturated heterocycles. The van der Waals surface area contributed by atoms with Crippen molar-refractivity contribution >= 4 is 5.69 Å². The Bertz CT molecular complexity index is 409. The first kappa shape index (κ1) is 9.77. The third kappa shape index (κ3) is 2.59. The van der Waals surface area contributed by atoms with E-state index >= 15 is 0 Å². The monoisotopic (exact) mass is 202 g/mol. The maximum Gasteiger partial charge on any atom is 0.105 e. The molecule has 0 fully saturated rings. The molecule has 3 nitrogen and oxygen atoms in total. The molecule has 0 unspecified atom stereocenters. The second-order valence-corrected chi connectivity index (χ2v) is 3.45. The van der Waals surface area contributed by atoms with Gasteiger partial charge >= 0.3 is 0 Å². The molecule has 0 spiro atoms. The van der Waals surface area contributed by atoms with Crippen LogP contribution in [-0.2, 0) is 6.42 Å². The fourth-order valence-electron chi connectivity index (χ4n) is 1.45. The van der Waals surface area contributed by atoms with E-state index in [0.717, 1.165) is 30.0 Å². The lowest BCUT2D eigenvalue weighted by Gasteiger charge is -2.07. The molecule has 3 heteroatoms. The Balaban J connectivity index is 1.86. The lowest BCUT2D eigenvalue weighted by molar-refractivity contribution is 0.513. The zero-order valence-electron chi connectivity index (χ0n) is 8.73. The van der Waals surface area contributed by atoms with Gasteiger partial charge in [0.25, 0.3) is 0 Å². The van der Waals surface area contributed by atoms with Crippen molar-refractivity contribution in [3.05, 3.63) is 48.2 Å². The minimum atomic E-state index is 0.873. The Kier molecular flexibility index (Phi) is 3.02. The van der Waals surface area contributed by atoms with Crippen molar-refractivity contribution in [2.24, 2.45) is 0 Å². The first-order valence-corrected chi connectivity index (χ1v) is 5.03. The standard InChI is InChI=1S/C12H14N2O/c1-10-9-13-6-5-12(10)14-7-4-11-3-2-8-15-11/h2-3,5-6,8-9H,4,7H2,1H3,(H,13,14). The number of nitrogens with zero attached hydrogens (tertiary/aromatic N) is 1. The Hall–Kier alpha value is -1.77. The highest BCUT2D eigenvalue weighted by Gasteiger charge is 1.98. The first-order valence-electron chi connectivity index (χ1n) is 5.03. The average molecular weight is 202 g/mol. The quantitative estimate of drug-likeness (QED) is 0.828. The van der Waals surface area contributed by atoms with Gasteiger partial charge in [-0.25, -0.2) is 0 Å². The van der Waals surface area contributed by atoms with Crippen LogP contribution in [0.15, 0.2) is 41.3 Å². The van der Waals surface area contributed by atoms with Crippen molar-refractivity contribution in [1.82, 2.24) is 4.98 Å². The number of nitrogens with one attached hydrogen (secondary N) is 1. The van der Waals surface area contributed by atoms with E-state index in [4.69, 9.17) is 4.42 Å². The largest absolute Gasteiger partial charge is 0.469 e. The summed E-state index contributed by atoms with van der Waals surface area (Å²) in [5.74, 6) is 1.01. The van der Waals surface area contributed by atoms with E-state index in [0.29, 0.717) is 0 Å². The van der Waals surface area contributed by atoms with Crippen LogP contribution in [0, 0.1) is 6.92 Å². The summed E-state index contributed by atoms with van der Waals surface area (Å²) in [6, 6.07) is 5.88. The van der Waals surface area contributed by atoms with E-state index in [-0.39, 0.29) is 0 Å². The summed E-state index contributed by atoms with van der Waals surface area (Å²) in [4.78, 5) is 4.04. The molecule has 15 heavy (non-hydrogen) atoms. The van der Waals surface area contributed by atoms with Gasteiger partial charge in [0.05, 0.1) is 6.26 Å². The van der Waals surface area contributed by atoms with Crippen molar-refractivity contribution in [3.8, 4) is 0 Å². The summed E-state index contributed by atoms with van der Waals surface area (Å²) in [5.41, 5.74) is 2.30. The molecule has 0 bridgehead atoms. The predicted octanol–water partition coefficient (Wildman–Crippen LogP) is 2.64. The molecule has 0 atom stereocenters. The minimum Gasteiger partial charge on any atom is -0.469 e. The maximum atomic E-state index is 5.25. The number of aryl methyl sites for hydroxylation is 1. The number of pyridine rings is 1. The zero-order chi connectivity index (χ0) is 10.5. The van der Waals surface area contributed by atoms with Crippen molar-refractivity contribution in [1.29, 1.82) is 0 Å². The molecule has 0 aliphatic heterocycles. The van der Waals surface area contributed by atoms with Gasteiger partial charge in [-0.1, -0.05) is 0 Å². The molecule has 0 amide bonds. The van der Waals surface area contributed by atoms with E-state index in [2.05, 4.69) is 10.3 Å². The molecule has 0 aliphatic carbocycles. The van der Waals surface area contributed by atoms with Crippen LogP contribution < -0.4 is 5.32 Å². The van der Waals surface area contributed by atoms with Crippen molar-refractivity contribution < 1.29 is 4.42 Å². The normalized spacial score (nSPS) is 10.2. The molecular weight excluding hydrogens is 188 g/mol. The van der Waals surface area contributed by atoms with Crippen LogP contribution >= 0.6 is 0 Å². The Morgan fingerprint density at radius 3 is 3.07 bits per heavy atom. The highest BCUT2D eigenvalue weighted by molar-refractivity contribution is 5.48. The Labute approximate surface area is 89.1 Å². The van der Waals surface area contributed by atoms with Gasteiger partial charge in [-0.15, -0.1) is 0 Å². The second-order valence-electron chi connectivity index (χ2n) is 3.45. The van der Waals surface area contributed by atoms with Gasteiger partial charge < -0.3 is 9.73 Å². The van der Waals surface area contributed by atoms with Crippen molar-refractivity contribution in [2.45, 2.75) is 13.3 Å². The average Bonchev–Trinajstić information content (AvgIpc) is 2.74. The molecule has 1 N–H and O–H groups in total. The SMILES string of the molecule is Cc1cnccc1NCCc1ccco1. The number of rotatable bonds is 4. The van der Waals surface area contributed by atoms with Gasteiger partial charge in [0.1, 0.15) is 5.76 Å². The first-order chi connectivity index (χ1) is 7.36. The summed E-state index contributed by atoms with van der Waals surface area (Å²) in [7, 11) is 0. The molecule has 78 valence electrons. The third-order valence-corrected chi connectivity index (χ3v) is 2.29. The molecule has 2 rings (SSSR count).